The number of pyridine rings is 1. The number of thiocarbonyl (C=S) groups is 1. The molecule has 30 heavy (non-hydrogen) atoms. The molecule has 5 nitrogen and oxygen atoms in total. The Bertz CT molecular complexity index is 998. The lowest BCUT2D eigenvalue weighted by molar-refractivity contribution is 0.286. The second-order valence-electron chi connectivity index (χ2n) is 8.12. The molecule has 0 amide bonds. The zero-order chi connectivity index (χ0) is 21.1. The molecule has 1 aromatic carbocycles. The smallest absolute Gasteiger partial charge is 0.170 e. The maximum absolute atomic E-state index is 5.79. The van der Waals surface area contributed by atoms with Crippen LogP contribution >= 0.6 is 12.2 Å². The van der Waals surface area contributed by atoms with Crippen LogP contribution < -0.4 is 5.32 Å². The quantitative estimate of drug-likeness (QED) is 0.584. The fraction of sp³-hybridized carbons (Fsp3) is 0.333. The van der Waals surface area contributed by atoms with Gasteiger partial charge in [0.05, 0.1) is 17.8 Å². The zero-order valence-corrected chi connectivity index (χ0v) is 18.6. The second-order valence-corrected chi connectivity index (χ2v) is 8.51. The third kappa shape index (κ3) is 4.25. The molecule has 2 aromatic heterocycles. The molecule has 0 bridgehead atoms. The summed E-state index contributed by atoms with van der Waals surface area (Å²) in [7, 11) is 4.22. The van der Waals surface area contributed by atoms with Crippen molar-refractivity contribution in [2.75, 3.05) is 27.2 Å². The summed E-state index contributed by atoms with van der Waals surface area (Å²) < 4.78 is 2.28. The minimum Gasteiger partial charge on any atom is -0.352 e. The van der Waals surface area contributed by atoms with E-state index in [-0.39, 0.29) is 12.1 Å². The van der Waals surface area contributed by atoms with Gasteiger partial charge in [-0.3, -0.25) is 4.98 Å². The van der Waals surface area contributed by atoms with Crippen molar-refractivity contribution in [2.45, 2.75) is 25.4 Å². The number of rotatable bonds is 7. The molecule has 3 aromatic rings. The summed E-state index contributed by atoms with van der Waals surface area (Å²) in [5.74, 6) is 0. The molecule has 0 spiro atoms. The minimum absolute atomic E-state index is 0.0107. The molecule has 0 aliphatic carbocycles. The largest absolute Gasteiger partial charge is 0.352 e. The Balaban J connectivity index is 1.74. The van der Waals surface area contributed by atoms with Crippen LogP contribution in [0.4, 0.5) is 0 Å². The predicted octanol–water partition coefficient (Wildman–Crippen LogP) is 4.10. The molecular weight excluding hydrogens is 390 g/mol. The Kier molecular flexibility index (Phi) is 6.16. The highest BCUT2D eigenvalue weighted by Crippen LogP contribution is 2.39. The molecular formula is C24H29N5S. The molecule has 1 aliphatic heterocycles. The van der Waals surface area contributed by atoms with Crippen molar-refractivity contribution in [2.24, 2.45) is 0 Å². The first-order chi connectivity index (χ1) is 14.5. The number of aryl methyl sites for hydroxylation is 1. The van der Waals surface area contributed by atoms with E-state index >= 15 is 0 Å². The lowest BCUT2D eigenvalue weighted by Crippen LogP contribution is -2.33. The van der Waals surface area contributed by atoms with E-state index in [0.29, 0.717) is 0 Å². The first-order valence-corrected chi connectivity index (χ1v) is 10.8. The monoisotopic (exact) mass is 419 g/mol. The molecule has 0 unspecified atom stereocenters. The molecule has 6 heteroatoms. The molecule has 0 radical (unpaired) electrons. The summed E-state index contributed by atoms with van der Waals surface area (Å²) in [6, 6.07) is 19.1. The molecule has 0 saturated carbocycles. The van der Waals surface area contributed by atoms with Gasteiger partial charge in [-0.05, 0) is 88.2 Å². The molecule has 1 aliphatic rings. The van der Waals surface area contributed by atoms with Crippen LogP contribution in [-0.4, -0.2) is 51.6 Å². The molecule has 1 N–H and O–H groups in total. The highest BCUT2D eigenvalue weighted by atomic mass is 32.1. The second kappa shape index (κ2) is 8.98. The van der Waals surface area contributed by atoms with E-state index < -0.39 is 0 Å². The maximum atomic E-state index is 5.79. The van der Waals surface area contributed by atoms with Crippen molar-refractivity contribution in [3.63, 3.8) is 0 Å². The van der Waals surface area contributed by atoms with Gasteiger partial charge < -0.3 is 19.7 Å². The van der Waals surface area contributed by atoms with Crippen LogP contribution in [0.25, 0.3) is 5.69 Å². The van der Waals surface area contributed by atoms with Crippen LogP contribution in [0.5, 0.6) is 0 Å². The van der Waals surface area contributed by atoms with Crippen molar-refractivity contribution in [1.82, 2.24) is 24.7 Å². The fourth-order valence-electron chi connectivity index (χ4n) is 4.17. The average molecular weight is 420 g/mol. The predicted molar refractivity (Wildman–Crippen MR) is 126 cm³/mol. The van der Waals surface area contributed by atoms with Crippen LogP contribution in [0.3, 0.4) is 0 Å². The maximum Gasteiger partial charge on any atom is 0.170 e. The van der Waals surface area contributed by atoms with Gasteiger partial charge >= 0.3 is 0 Å². The lowest BCUT2D eigenvalue weighted by Gasteiger charge is -2.29. The molecule has 3 heterocycles. The van der Waals surface area contributed by atoms with E-state index in [1.807, 2.05) is 18.3 Å². The summed E-state index contributed by atoms with van der Waals surface area (Å²) in [6.07, 6.45) is 5.04. The minimum atomic E-state index is 0.0107. The Morgan fingerprint density at radius 2 is 1.97 bits per heavy atom. The molecule has 156 valence electrons. The van der Waals surface area contributed by atoms with Gasteiger partial charge in [0.15, 0.2) is 5.11 Å². The van der Waals surface area contributed by atoms with Crippen molar-refractivity contribution < 1.29 is 0 Å². The van der Waals surface area contributed by atoms with E-state index in [4.69, 9.17) is 12.2 Å². The van der Waals surface area contributed by atoms with Crippen LogP contribution in [-0.2, 0) is 0 Å². The normalized spacial score (nSPS) is 18.8. The van der Waals surface area contributed by atoms with Gasteiger partial charge in [0, 0.05) is 30.3 Å². The van der Waals surface area contributed by atoms with Crippen molar-refractivity contribution >= 4 is 17.3 Å². The number of hydrogen-bond acceptors (Lipinski definition) is 3. The summed E-state index contributed by atoms with van der Waals surface area (Å²) >= 11 is 5.79. The Labute approximate surface area is 184 Å². The van der Waals surface area contributed by atoms with Crippen molar-refractivity contribution in [3.05, 3.63) is 83.9 Å². The number of nitrogens with zero attached hydrogens (tertiary/aromatic N) is 4. The number of nitrogens with one attached hydrogen (secondary N) is 1. The van der Waals surface area contributed by atoms with Gasteiger partial charge in [-0.2, -0.15) is 0 Å². The Hall–Kier alpha value is -2.70. The van der Waals surface area contributed by atoms with E-state index in [9.17, 15) is 0 Å². The van der Waals surface area contributed by atoms with E-state index in [0.717, 1.165) is 30.3 Å². The van der Waals surface area contributed by atoms with Crippen LogP contribution in [0.1, 0.15) is 35.5 Å². The first kappa shape index (κ1) is 20.6. The number of benzene rings is 1. The van der Waals surface area contributed by atoms with E-state index in [1.165, 1.54) is 16.9 Å². The molecule has 4 rings (SSSR count). The Morgan fingerprint density at radius 1 is 1.10 bits per heavy atom. The van der Waals surface area contributed by atoms with Crippen molar-refractivity contribution in [3.8, 4) is 5.69 Å². The summed E-state index contributed by atoms with van der Waals surface area (Å²) in [4.78, 5) is 9.20. The molecule has 1 fully saturated rings. The van der Waals surface area contributed by atoms with Gasteiger partial charge in [-0.1, -0.05) is 18.2 Å². The van der Waals surface area contributed by atoms with Gasteiger partial charge in [0.25, 0.3) is 0 Å². The van der Waals surface area contributed by atoms with Crippen molar-refractivity contribution in [1.29, 1.82) is 0 Å². The number of aromatic nitrogens is 2. The summed E-state index contributed by atoms with van der Waals surface area (Å²) in [5.41, 5.74) is 4.64. The molecule has 2 atom stereocenters. The number of hydrogen-bond donors (Lipinski definition) is 1. The SMILES string of the molecule is Cc1cccc(-n2cccc2[C@H]2[C@@H](c3ccccn3)NC(=S)N2CCCN(C)C)c1. The standard InChI is InChI=1S/C24H29N5S/c1-18-9-6-10-19(17-18)28-15-7-12-21(28)23-22(20-11-4-5-13-25-20)26-24(30)29(23)16-8-14-27(2)3/h4-7,9-13,15,17,22-23H,8,14,16H2,1-3H3,(H,26,30)/t22-,23+/m1/s1. The summed E-state index contributed by atoms with van der Waals surface area (Å²) in [6.45, 7) is 4.05. The first-order valence-electron chi connectivity index (χ1n) is 10.4. The third-order valence-electron chi connectivity index (χ3n) is 5.57. The highest BCUT2D eigenvalue weighted by molar-refractivity contribution is 7.80. The van der Waals surface area contributed by atoms with Gasteiger partial charge in [0.1, 0.15) is 0 Å². The summed E-state index contributed by atoms with van der Waals surface area (Å²) in [5, 5.41) is 4.35. The highest BCUT2D eigenvalue weighted by Gasteiger charge is 2.40. The van der Waals surface area contributed by atoms with E-state index in [1.54, 1.807) is 0 Å². The van der Waals surface area contributed by atoms with Gasteiger partial charge in [0.2, 0.25) is 0 Å². The van der Waals surface area contributed by atoms with Crippen LogP contribution in [0.15, 0.2) is 67.0 Å². The topological polar surface area (TPSA) is 36.3 Å². The van der Waals surface area contributed by atoms with E-state index in [2.05, 4.69) is 94.3 Å². The third-order valence-corrected chi connectivity index (χ3v) is 5.92. The Morgan fingerprint density at radius 3 is 2.70 bits per heavy atom. The van der Waals surface area contributed by atoms with Gasteiger partial charge in [-0.25, -0.2) is 0 Å². The molecule has 1 saturated heterocycles. The average Bonchev–Trinajstić information content (AvgIpc) is 3.33. The van der Waals surface area contributed by atoms with Gasteiger partial charge in [-0.15, -0.1) is 0 Å². The van der Waals surface area contributed by atoms with Crippen LogP contribution in [0, 0.1) is 6.92 Å². The van der Waals surface area contributed by atoms with Crippen LogP contribution in [0.2, 0.25) is 0 Å². The lowest BCUT2D eigenvalue weighted by atomic mass is 10.0. The zero-order valence-electron chi connectivity index (χ0n) is 17.8. The fourth-order valence-corrected chi connectivity index (χ4v) is 4.51.